The van der Waals surface area contributed by atoms with E-state index >= 15 is 0 Å². The highest BCUT2D eigenvalue weighted by Gasteiger charge is 2.36. The molecule has 2 unspecified atom stereocenters. The van der Waals surface area contributed by atoms with E-state index in [1.54, 1.807) is 17.2 Å². The van der Waals surface area contributed by atoms with Crippen LogP contribution in [0.2, 0.25) is 0 Å². The topological polar surface area (TPSA) is 107 Å². The molecule has 0 radical (unpaired) electrons. The van der Waals surface area contributed by atoms with Gasteiger partial charge >= 0.3 is 0 Å². The van der Waals surface area contributed by atoms with Crippen molar-refractivity contribution in [2.24, 2.45) is 0 Å². The molecule has 2 atom stereocenters. The molecule has 2 aliphatic rings. The van der Waals surface area contributed by atoms with Crippen molar-refractivity contribution in [1.29, 1.82) is 0 Å². The summed E-state index contributed by atoms with van der Waals surface area (Å²) in [6.07, 6.45) is 8.97. The summed E-state index contributed by atoms with van der Waals surface area (Å²) in [5, 5.41) is 15.7. The van der Waals surface area contributed by atoms with E-state index in [9.17, 15) is 14.7 Å². The normalized spacial score (nSPS) is 20.0. The summed E-state index contributed by atoms with van der Waals surface area (Å²) < 4.78 is 0. The van der Waals surface area contributed by atoms with Crippen LogP contribution in [0.25, 0.3) is 6.08 Å². The van der Waals surface area contributed by atoms with Crippen molar-refractivity contribution in [3.8, 4) is 0 Å². The van der Waals surface area contributed by atoms with Gasteiger partial charge in [-0.15, -0.1) is 0 Å². The number of hydrogen-bond donors (Lipinski definition) is 3. The number of nitrogens with one attached hydrogen (secondary N) is 2. The number of anilines is 1. The third-order valence-electron chi connectivity index (χ3n) is 5.44. The van der Waals surface area contributed by atoms with Gasteiger partial charge in [-0.3, -0.25) is 9.59 Å². The van der Waals surface area contributed by atoms with E-state index in [0.29, 0.717) is 37.4 Å². The number of aryl methyl sites for hydroxylation is 1. The molecule has 1 fully saturated rings. The molecule has 2 heterocycles. The van der Waals surface area contributed by atoms with Crippen LogP contribution in [0.15, 0.2) is 42.9 Å². The first-order valence-corrected chi connectivity index (χ1v) is 10.2. The van der Waals surface area contributed by atoms with Gasteiger partial charge in [0.25, 0.3) is 5.91 Å². The molecule has 30 heavy (non-hydrogen) atoms. The predicted molar refractivity (Wildman–Crippen MR) is 113 cm³/mol. The Morgan fingerprint density at radius 2 is 2.07 bits per heavy atom. The van der Waals surface area contributed by atoms with Crippen molar-refractivity contribution in [1.82, 2.24) is 20.6 Å². The Balaban J connectivity index is 1.27. The largest absolute Gasteiger partial charge is 0.391 e. The van der Waals surface area contributed by atoms with E-state index in [1.165, 1.54) is 11.9 Å². The maximum atomic E-state index is 12.6. The molecule has 1 aliphatic carbocycles. The molecule has 1 aromatic carbocycles. The lowest BCUT2D eigenvalue weighted by Gasteiger charge is -2.24. The fraction of sp³-hybridized carbons (Fsp3) is 0.364. The molecular formula is C22H25N5O3. The van der Waals surface area contributed by atoms with E-state index < -0.39 is 12.1 Å². The molecule has 0 saturated carbocycles. The summed E-state index contributed by atoms with van der Waals surface area (Å²) in [5.74, 6) is 0.250. The molecule has 4 rings (SSSR count). The molecule has 0 spiro atoms. The zero-order valence-electron chi connectivity index (χ0n) is 16.6. The molecule has 1 saturated heterocycles. The van der Waals surface area contributed by atoms with Gasteiger partial charge in [-0.2, -0.15) is 0 Å². The molecule has 1 aliphatic heterocycles. The Bertz CT molecular complexity index is 947. The number of allylic oxidation sites excluding steroid dienone is 1. The number of aromatic nitrogens is 2. The molecule has 1 aromatic heterocycles. The average molecular weight is 407 g/mol. The first-order valence-electron chi connectivity index (χ1n) is 10.2. The van der Waals surface area contributed by atoms with Gasteiger partial charge in [-0.1, -0.05) is 18.2 Å². The highest BCUT2D eigenvalue weighted by Crippen LogP contribution is 2.23. The number of fused-ring (bicyclic) bond motifs is 1. The monoisotopic (exact) mass is 407 g/mol. The van der Waals surface area contributed by atoms with Crippen LogP contribution in [0, 0.1) is 0 Å². The number of aliphatic hydroxyl groups is 1. The molecule has 0 bridgehead atoms. The Morgan fingerprint density at radius 3 is 2.90 bits per heavy atom. The minimum absolute atomic E-state index is 0.162. The van der Waals surface area contributed by atoms with Crippen LogP contribution in [0.3, 0.4) is 0 Å². The van der Waals surface area contributed by atoms with E-state index in [2.05, 4.69) is 32.8 Å². The lowest BCUT2D eigenvalue weighted by Crippen LogP contribution is -2.45. The Kier molecular flexibility index (Phi) is 6.04. The van der Waals surface area contributed by atoms with Crippen molar-refractivity contribution in [3.63, 3.8) is 0 Å². The van der Waals surface area contributed by atoms with Gasteiger partial charge in [-0.25, -0.2) is 9.97 Å². The van der Waals surface area contributed by atoms with Gasteiger partial charge in [0.1, 0.15) is 18.2 Å². The van der Waals surface area contributed by atoms with E-state index in [1.807, 2.05) is 18.2 Å². The third-order valence-corrected chi connectivity index (χ3v) is 5.44. The second-order valence-electron chi connectivity index (χ2n) is 7.53. The number of carbonyl (C=O) groups is 2. The maximum Gasteiger partial charge on any atom is 0.251 e. The van der Waals surface area contributed by atoms with Gasteiger partial charge in [-0.05, 0) is 42.2 Å². The molecule has 8 heteroatoms. The van der Waals surface area contributed by atoms with Gasteiger partial charge in [0, 0.05) is 37.8 Å². The maximum absolute atomic E-state index is 12.6. The molecule has 2 amide bonds. The Labute approximate surface area is 175 Å². The van der Waals surface area contributed by atoms with Crippen LogP contribution in [0.1, 0.15) is 34.3 Å². The number of aliphatic hydroxyl groups excluding tert-OH is 1. The van der Waals surface area contributed by atoms with Crippen molar-refractivity contribution in [2.75, 3.05) is 24.5 Å². The van der Waals surface area contributed by atoms with Gasteiger partial charge in [0.15, 0.2) is 0 Å². The van der Waals surface area contributed by atoms with Gasteiger partial charge < -0.3 is 20.6 Å². The van der Waals surface area contributed by atoms with E-state index in [0.717, 1.165) is 18.4 Å². The minimum atomic E-state index is -0.589. The zero-order valence-corrected chi connectivity index (χ0v) is 16.6. The number of nitrogens with zero attached hydrogens (tertiary/aromatic N) is 3. The van der Waals surface area contributed by atoms with Crippen LogP contribution in [-0.4, -0.2) is 58.7 Å². The Hall–Kier alpha value is -3.26. The number of hydrogen-bond acceptors (Lipinski definition) is 6. The highest BCUT2D eigenvalue weighted by molar-refractivity contribution is 5.95. The molecule has 8 nitrogen and oxygen atoms in total. The third kappa shape index (κ3) is 4.49. The smallest absolute Gasteiger partial charge is 0.251 e. The van der Waals surface area contributed by atoms with Crippen molar-refractivity contribution < 1.29 is 14.7 Å². The van der Waals surface area contributed by atoms with Crippen LogP contribution in [-0.2, 0) is 11.2 Å². The SMILES string of the molecule is O=C(NCCNC(=O)C1CC(O)CN1c1ccncn1)c1ccc2c(c1)C=CCC2. The number of rotatable bonds is 6. The van der Waals surface area contributed by atoms with Crippen molar-refractivity contribution in [2.45, 2.75) is 31.4 Å². The van der Waals surface area contributed by atoms with Crippen molar-refractivity contribution in [3.05, 3.63) is 59.6 Å². The van der Waals surface area contributed by atoms with Crippen LogP contribution < -0.4 is 15.5 Å². The zero-order chi connectivity index (χ0) is 20.9. The van der Waals surface area contributed by atoms with Crippen molar-refractivity contribution >= 4 is 23.7 Å². The summed E-state index contributed by atoms with van der Waals surface area (Å²) in [6.45, 7) is 0.971. The first-order chi connectivity index (χ1) is 14.6. The molecular weight excluding hydrogens is 382 g/mol. The quantitative estimate of drug-likeness (QED) is 0.615. The molecule has 156 valence electrons. The van der Waals surface area contributed by atoms with E-state index in [-0.39, 0.29) is 11.8 Å². The van der Waals surface area contributed by atoms with Crippen LogP contribution in [0.5, 0.6) is 0 Å². The summed E-state index contributed by atoms with van der Waals surface area (Å²) in [6, 6.07) is 6.96. The number of β-amino-alcohol motifs (C(OH)–C–C–N with tert-alkyl or cyclic N) is 1. The fourth-order valence-electron chi connectivity index (χ4n) is 3.92. The summed E-state index contributed by atoms with van der Waals surface area (Å²) in [7, 11) is 0. The minimum Gasteiger partial charge on any atom is -0.391 e. The lowest BCUT2D eigenvalue weighted by atomic mass is 9.95. The van der Waals surface area contributed by atoms with E-state index in [4.69, 9.17) is 0 Å². The Morgan fingerprint density at radius 1 is 1.20 bits per heavy atom. The number of benzene rings is 1. The van der Waals surface area contributed by atoms with Gasteiger partial charge in [0.2, 0.25) is 5.91 Å². The fourth-order valence-corrected chi connectivity index (χ4v) is 3.92. The second kappa shape index (κ2) is 9.04. The lowest BCUT2D eigenvalue weighted by molar-refractivity contribution is -0.122. The number of carbonyl (C=O) groups excluding carboxylic acids is 2. The van der Waals surface area contributed by atoms with Crippen LogP contribution in [0.4, 0.5) is 5.82 Å². The average Bonchev–Trinajstić information content (AvgIpc) is 3.18. The molecule has 3 N–H and O–H groups in total. The number of amides is 2. The standard InChI is InChI=1S/C22H25N5O3/c28-18-12-19(27(13-18)20-7-8-23-14-26-20)22(30)25-10-9-24-21(29)17-6-5-15-3-1-2-4-16(15)11-17/h2,4-8,11,14,18-19,28H,1,3,9-10,12-13H2,(H,24,29)(H,25,30). The summed E-state index contributed by atoms with van der Waals surface area (Å²) >= 11 is 0. The molecule has 2 aromatic rings. The summed E-state index contributed by atoms with van der Waals surface area (Å²) in [5.41, 5.74) is 2.96. The van der Waals surface area contributed by atoms with Crippen LogP contribution >= 0.6 is 0 Å². The predicted octanol–water partition coefficient (Wildman–Crippen LogP) is 0.922. The van der Waals surface area contributed by atoms with Gasteiger partial charge in [0.05, 0.1) is 6.10 Å². The second-order valence-corrected chi connectivity index (χ2v) is 7.53. The first kappa shape index (κ1) is 20.0. The summed E-state index contributed by atoms with van der Waals surface area (Å²) in [4.78, 5) is 34.9. The highest BCUT2D eigenvalue weighted by atomic mass is 16.3.